The number of methoxy groups -OCH3 is 2. The predicted molar refractivity (Wildman–Crippen MR) is 286 cm³/mol. The Morgan fingerprint density at radius 1 is 0.463 bits per heavy atom. The second-order valence-corrected chi connectivity index (χ2v) is 22.7. The number of esters is 1. The fraction of sp³-hybridized carbons (Fsp3) is 0.382. The lowest BCUT2D eigenvalue weighted by atomic mass is 9.99. The minimum Gasteiger partial charge on any atom is -0.496 e. The summed E-state index contributed by atoms with van der Waals surface area (Å²) in [6, 6.07) is 11.9. The van der Waals surface area contributed by atoms with Gasteiger partial charge in [-0.1, -0.05) is 12.1 Å². The summed E-state index contributed by atoms with van der Waals surface area (Å²) in [7, 11) is 3.38. The Morgan fingerprint density at radius 2 is 0.776 bits per heavy atom. The van der Waals surface area contributed by atoms with Crippen molar-refractivity contribution in [2.75, 3.05) is 20.8 Å². The van der Waals surface area contributed by atoms with Crippen molar-refractivity contribution >= 4 is 68.4 Å². The number of ketones is 1. The van der Waals surface area contributed by atoms with Gasteiger partial charge >= 0.3 is 5.97 Å². The van der Waals surface area contributed by atoms with Gasteiger partial charge < -0.3 is 23.7 Å². The van der Waals surface area contributed by atoms with Gasteiger partial charge in [-0.2, -0.15) is 0 Å². The maximum atomic E-state index is 13.3. The van der Waals surface area contributed by atoms with Crippen LogP contribution in [0.3, 0.4) is 0 Å². The van der Waals surface area contributed by atoms with E-state index < -0.39 is 0 Å². The van der Waals surface area contributed by atoms with Crippen molar-refractivity contribution in [1.29, 1.82) is 0 Å². The lowest BCUT2D eigenvalue weighted by molar-refractivity contribution is -0.142. The molecule has 0 unspecified atom stereocenters. The van der Waals surface area contributed by atoms with Crippen LogP contribution in [0.1, 0.15) is 97.2 Å². The van der Waals surface area contributed by atoms with Crippen LogP contribution < -0.4 is 18.9 Å². The van der Waals surface area contributed by atoms with Crippen LogP contribution in [0.4, 0.5) is 0 Å². The SMILES string of the molecule is CCOC(=O)Cc1c(-c2sc(-c3sc(-c4sc(-c5sc(-c6c(OC)cccc6OC(C)C)c(C)c5CC(C)=O)c(C)c4C)c(C)c3C)c(C)c2C)sc(-c2c(OC)cccc2OC(C)C)c1C. The summed E-state index contributed by atoms with van der Waals surface area (Å²) in [5.74, 6) is 2.87. The number of hydrogen-bond donors (Lipinski definition) is 0. The second kappa shape index (κ2) is 20.5. The molecule has 2 aromatic carbocycles. The monoisotopic (exact) mass is 994 g/mol. The molecule has 0 spiro atoms. The zero-order valence-electron chi connectivity index (χ0n) is 41.6. The molecule has 0 bridgehead atoms. The van der Waals surface area contributed by atoms with Gasteiger partial charge in [-0.25, -0.2) is 0 Å². The molecule has 67 heavy (non-hydrogen) atoms. The van der Waals surface area contributed by atoms with E-state index in [9.17, 15) is 9.59 Å². The van der Waals surface area contributed by atoms with Crippen LogP contribution in [-0.4, -0.2) is 44.8 Å². The van der Waals surface area contributed by atoms with Crippen molar-refractivity contribution in [2.24, 2.45) is 0 Å². The molecule has 0 amide bonds. The molecule has 5 aromatic heterocycles. The number of rotatable bonds is 17. The summed E-state index contributed by atoms with van der Waals surface area (Å²) < 4.78 is 30.2. The van der Waals surface area contributed by atoms with Crippen LogP contribution in [0.5, 0.6) is 23.0 Å². The van der Waals surface area contributed by atoms with Crippen LogP contribution in [0, 0.1) is 55.4 Å². The maximum Gasteiger partial charge on any atom is 0.310 e. The molecule has 0 fully saturated rings. The van der Waals surface area contributed by atoms with Gasteiger partial charge in [-0.3, -0.25) is 9.59 Å². The Hall–Kier alpha value is -4.72. The predicted octanol–water partition coefficient (Wildman–Crippen LogP) is 16.3. The van der Waals surface area contributed by atoms with Crippen LogP contribution in [0.25, 0.3) is 59.9 Å². The molecular formula is C55H62O7S5. The van der Waals surface area contributed by atoms with Crippen molar-refractivity contribution in [3.05, 3.63) is 92.0 Å². The van der Waals surface area contributed by atoms with Gasteiger partial charge in [-0.05, 0) is 177 Å². The normalized spacial score (nSPS) is 11.6. The first kappa shape index (κ1) is 50.2. The highest BCUT2D eigenvalue weighted by Crippen LogP contribution is 2.57. The van der Waals surface area contributed by atoms with Crippen molar-refractivity contribution in [1.82, 2.24) is 0 Å². The number of ether oxygens (including phenoxy) is 5. The number of hydrogen-bond acceptors (Lipinski definition) is 12. The Morgan fingerprint density at radius 3 is 1.09 bits per heavy atom. The van der Waals surface area contributed by atoms with Crippen molar-refractivity contribution in [3.8, 4) is 82.9 Å². The standard InChI is InChI=1S/C55H62O7S5/c1-17-60-43(57)25-38-36(14)47(45-40(59-16)21-19-23-42(45)62-27(4)5)64-55(38)53-34(12)32(10)51(67-53)49-30(8)29(7)48(65-49)50-31(9)33(11)52(66-50)54-37(24-28(6)56)35(13)46(63-54)44-39(58-15)20-18-22-41(44)61-26(2)3/h18-23,26-27H,17,24-25H2,1-16H3. The van der Waals surface area contributed by atoms with E-state index in [1.54, 1.807) is 55.2 Å². The molecule has 7 aromatic rings. The average molecular weight is 995 g/mol. The molecule has 0 atom stereocenters. The van der Waals surface area contributed by atoms with Gasteiger partial charge in [0.15, 0.2) is 0 Å². The Labute approximate surface area is 416 Å². The summed E-state index contributed by atoms with van der Waals surface area (Å²) in [6.07, 6.45) is 0.452. The lowest BCUT2D eigenvalue weighted by Crippen LogP contribution is -2.08. The zero-order chi connectivity index (χ0) is 48.8. The van der Waals surface area contributed by atoms with E-state index in [-0.39, 0.29) is 30.4 Å². The Bertz CT molecular complexity index is 3000. The highest BCUT2D eigenvalue weighted by Gasteiger charge is 2.31. The number of carbonyl (C=O) groups excluding carboxylic acids is 2. The fourth-order valence-corrected chi connectivity index (χ4v) is 16.2. The number of benzene rings is 2. The Balaban J connectivity index is 1.37. The summed E-state index contributed by atoms with van der Waals surface area (Å²) in [4.78, 5) is 37.9. The van der Waals surface area contributed by atoms with E-state index in [4.69, 9.17) is 23.7 Å². The minimum absolute atomic E-state index is 0.0211. The molecular weight excluding hydrogens is 933 g/mol. The van der Waals surface area contributed by atoms with E-state index in [2.05, 4.69) is 55.4 Å². The van der Waals surface area contributed by atoms with E-state index in [1.165, 1.54) is 57.8 Å². The number of thiophene rings is 5. The first-order valence-electron chi connectivity index (χ1n) is 22.7. The van der Waals surface area contributed by atoms with Crippen molar-refractivity contribution in [2.45, 2.75) is 122 Å². The van der Waals surface area contributed by atoms with E-state index in [0.717, 1.165) is 80.8 Å². The van der Waals surface area contributed by atoms with Crippen LogP contribution >= 0.6 is 56.7 Å². The van der Waals surface area contributed by atoms with Gasteiger partial charge in [-0.15, -0.1) is 56.7 Å². The van der Waals surface area contributed by atoms with Crippen LogP contribution in [0.2, 0.25) is 0 Å². The fourth-order valence-electron chi connectivity index (χ4n) is 8.57. The van der Waals surface area contributed by atoms with Crippen LogP contribution in [-0.2, 0) is 27.2 Å². The highest BCUT2D eigenvalue weighted by molar-refractivity contribution is 7.31. The second-order valence-electron chi connectivity index (χ2n) is 17.6. The first-order valence-corrected chi connectivity index (χ1v) is 26.8. The van der Waals surface area contributed by atoms with E-state index in [0.29, 0.717) is 13.0 Å². The Kier molecular flexibility index (Phi) is 15.3. The summed E-state index contributed by atoms with van der Waals surface area (Å²) >= 11 is 8.91. The highest BCUT2D eigenvalue weighted by atomic mass is 32.1. The molecule has 7 rings (SSSR count). The first-order chi connectivity index (χ1) is 31.8. The third kappa shape index (κ3) is 9.54. The molecule has 0 saturated carbocycles. The molecule has 354 valence electrons. The molecule has 7 nitrogen and oxygen atoms in total. The van der Waals surface area contributed by atoms with Gasteiger partial charge in [0.2, 0.25) is 0 Å². The smallest absolute Gasteiger partial charge is 0.310 e. The molecule has 0 aliphatic heterocycles. The zero-order valence-corrected chi connectivity index (χ0v) is 45.7. The topological polar surface area (TPSA) is 80.3 Å². The molecule has 0 radical (unpaired) electrons. The summed E-state index contributed by atoms with van der Waals surface area (Å²) in [6.45, 7) is 29.6. The molecule has 0 saturated heterocycles. The molecule has 12 heteroatoms. The summed E-state index contributed by atoms with van der Waals surface area (Å²) in [5, 5.41) is 0. The van der Waals surface area contributed by atoms with Crippen LogP contribution in [0.15, 0.2) is 36.4 Å². The largest absolute Gasteiger partial charge is 0.496 e. The van der Waals surface area contributed by atoms with Gasteiger partial charge in [0, 0.05) is 55.2 Å². The minimum atomic E-state index is -0.247. The third-order valence-corrected chi connectivity index (χ3v) is 19.9. The quantitative estimate of drug-likeness (QED) is 0.0841. The number of carbonyl (C=O) groups is 2. The molecule has 0 aliphatic carbocycles. The van der Waals surface area contributed by atoms with Crippen molar-refractivity contribution < 1.29 is 33.3 Å². The molecule has 0 N–H and O–H groups in total. The third-order valence-electron chi connectivity index (χ3n) is 12.4. The number of Topliss-reactive ketones (excluding diaryl/α,β-unsaturated/α-hetero) is 1. The average Bonchev–Trinajstić information content (AvgIpc) is 4.02. The van der Waals surface area contributed by atoms with Gasteiger partial charge in [0.1, 0.15) is 28.8 Å². The maximum absolute atomic E-state index is 13.3. The molecule has 0 aliphatic rings. The van der Waals surface area contributed by atoms with E-state index >= 15 is 0 Å². The molecule has 5 heterocycles. The lowest BCUT2D eigenvalue weighted by Gasteiger charge is -2.17. The van der Waals surface area contributed by atoms with Gasteiger partial charge in [0.05, 0.1) is 50.6 Å². The van der Waals surface area contributed by atoms with Crippen molar-refractivity contribution in [3.63, 3.8) is 0 Å². The van der Waals surface area contributed by atoms with E-state index in [1.807, 2.05) is 93.7 Å². The summed E-state index contributed by atoms with van der Waals surface area (Å²) in [5.41, 5.74) is 13.4. The van der Waals surface area contributed by atoms with Gasteiger partial charge in [0.25, 0.3) is 0 Å².